The third-order valence-corrected chi connectivity index (χ3v) is 5.37. The number of hydrogen-bond donors (Lipinski definition) is 2. The Bertz CT molecular complexity index is 971. The Balaban J connectivity index is 1.28. The summed E-state index contributed by atoms with van der Waals surface area (Å²) in [5.41, 5.74) is 1.87. The SMILES string of the molecule is O=C(NC[C@@H]1C[C@H]2C=C[C@H]1C2)c1nc(-c2ccc3[nH]ccc3c2)no1. The first-order valence-corrected chi connectivity index (χ1v) is 8.64. The van der Waals surface area contributed by atoms with Crippen LogP contribution in [-0.4, -0.2) is 27.6 Å². The standard InChI is InChI=1S/C19H18N4O2/c24-18(21-10-15-8-11-1-2-12(15)7-11)19-22-17(23-25-19)14-3-4-16-13(9-14)5-6-20-16/h1-6,9,11-12,15,20H,7-8,10H2,(H,21,24)/t11-,12-,15-/m0/s1. The molecule has 2 heterocycles. The Hall–Kier alpha value is -2.89. The predicted octanol–water partition coefficient (Wildman–Crippen LogP) is 3.16. The smallest absolute Gasteiger partial charge is 0.316 e. The van der Waals surface area contributed by atoms with E-state index in [1.165, 1.54) is 6.42 Å². The van der Waals surface area contributed by atoms with Crippen LogP contribution in [0.25, 0.3) is 22.3 Å². The van der Waals surface area contributed by atoms with Gasteiger partial charge < -0.3 is 14.8 Å². The van der Waals surface area contributed by atoms with E-state index in [0.717, 1.165) is 22.9 Å². The molecule has 2 aromatic heterocycles. The van der Waals surface area contributed by atoms with Crippen LogP contribution in [0.3, 0.4) is 0 Å². The van der Waals surface area contributed by atoms with Gasteiger partial charge in [-0.15, -0.1) is 0 Å². The van der Waals surface area contributed by atoms with Crippen LogP contribution in [0.5, 0.6) is 0 Å². The molecule has 1 saturated carbocycles. The first kappa shape index (κ1) is 14.5. The molecule has 3 aromatic rings. The maximum Gasteiger partial charge on any atom is 0.316 e. The molecule has 3 atom stereocenters. The molecule has 6 heteroatoms. The number of carbonyl (C=O) groups is 1. The summed E-state index contributed by atoms with van der Waals surface area (Å²) in [6, 6.07) is 7.83. The van der Waals surface area contributed by atoms with Crippen molar-refractivity contribution in [1.82, 2.24) is 20.4 Å². The summed E-state index contributed by atoms with van der Waals surface area (Å²) < 4.78 is 5.16. The number of benzene rings is 1. The normalized spacial score (nSPS) is 24.2. The van der Waals surface area contributed by atoms with E-state index in [9.17, 15) is 4.79 Å². The topological polar surface area (TPSA) is 83.8 Å². The molecule has 2 bridgehead atoms. The van der Waals surface area contributed by atoms with Gasteiger partial charge in [-0.05, 0) is 54.9 Å². The number of rotatable bonds is 4. The molecule has 6 nitrogen and oxygen atoms in total. The molecule has 0 unspecified atom stereocenters. The number of allylic oxidation sites excluding steroid dienone is 2. The highest BCUT2D eigenvalue weighted by Crippen LogP contribution is 2.42. The lowest BCUT2D eigenvalue weighted by molar-refractivity contribution is 0.0901. The number of aromatic nitrogens is 3. The van der Waals surface area contributed by atoms with E-state index in [-0.39, 0.29) is 11.8 Å². The van der Waals surface area contributed by atoms with Gasteiger partial charge in [-0.1, -0.05) is 17.3 Å². The van der Waals surface area contributed by atoms with Gasteiger partial charge in [-0.3, -0.25) is 4.79 Å². The van der Waals surface area contributed by atoms with E-state index in [2.05, 4.69) is 32.6 Å². The van der Waals surface area contributed by atoms with Gasteiger partial charge in [0.2, 0.25) is 5.82 Å². The Morgan fingerprint density at radius 1 is 1.28 bits per heavy atom. The van der Waals surface area contributed by atoms with Crippen molar-refractivity contribution < 1.29 is 9.32 Å². The van der Waals surface area contributed by atoms with Crippen LogP contribution in [0.15, 0.2) is 47.1 Å². The van der Waals surface area contributed by atoms with Crippen molar-refractivity contribution in [3.63, 3.8) is 0 Å². The van der Waals surface area contributed by atoms with Crippen LogP contribution in [0.2, 0.25) is 0 Å². The van der Waals surface area contributed by atoms with Crippen molar-refractivity contribution in [2.24, 2.45) is 17.8 Å². The molecule has 2 aliphatic carbocycles. The Morgan fingerprint density at radius 3 is 3.08 bits per heavy atom. The molecule has 126 valence electrons. The lowest BCUT2D eigenvalue weighted by Crippen LogP contribution is -2.31. The number of H-pyrrole nitrogens is 1. The Labute approximate surface area is 144 Å². The van der Waals surface area contributed by atoms with Crippen LogP contribution in [0.1, 0.15) is 23.5 Å². The van der Waals surface area contributed by atoms with Gasteiger partial charge in [-0.2, -0.15) is 4.98 Å². The number of hydrogen-bond acceptors (Lipinski definition) is 4. The van der Waals surface area contributed by atoms with E-state index in [0.29, 0.717) is 30.1 Å². The van der Waals surface area contributed by atoms with Crippen LogP contribution in [0, 0.1) is 17.8 Å². The highest BCUT2D eigenvalue weighted by Gasteiger charge is 2.35. The predicted molar refractivity (Wildman–Crippen MR) is 92.8 cm³/mol. The van der Waals surface area contributed by atoms with Gasteiger partial charge in [0.15, 0.2) is 0 Å². The quantitative estimate of drug-likeness (QED) is 0.718. The van der Waals surface area contributed by atoms with Gasteiger partial charge >= 0.3 is 11.8 Å². The highest BCUT2D eigenvalue weighted by atomic mass is 16.5. The summed E-state index contributed by atoms with van der Waals surface area (Å²) in [6.07, 6.45) is 8.86. The van der Waals surface area contributed by atoms with Crippen LogP contribution in [-0.2, 0) is 0 Å². The summed E-state index contributed by atoms with van der Waals surface area (Å²) in [6.45, 7) is 0.664. The van der Waals surface area contributed by atoms with Crippen molar-refractivity contribution >= 4 is 16.8 Å². The second kappa shape index (κ2) is 5.58. The van der Waals surface area contributed by atoms with Gasteiger partial charge in [0, 0.05) is 29.2 Å². The number of fused-ring (bicyclic) bond motifs is 3. The van der Waals surface area contributed by atoms with Gasteiger partial charge in [0.1, 0.15) is 0 Å². The minimum atomic E-state index is -0.298. The first-order chi connectivity index (χ1) is 12.3. The monoisotopic (exact) mass is 334 g/mol. The molecule has 0 aliphatic heterocycles. The fraction of sp³-hybridized carbons (Fsp3) is 0.316. The lowest BCUT2D eigenvalue weighted by Gasteiger charge is -2.17. The van der Waals surface area contributed by atoms with Crippen molar-refractivity contribution in [3.8, 4) is 11.4 Å². The second-order valence-corrected chi connectivity index (χ2v) is 6.95. The van der Waals surface area contributed by atoms with Crippen molar-refractivity contribution in [3.05, 3.63) is 48.5 Å². The van der Waals surface area contributed by atoms with E-state index < -0.39 is 0 Å². The molecule has 1 fully saturated rings. The summed E-state index contributed by atoms with van der Waals surface area (Å²) >= 11 is 0. The van der Waals surface area contributed by atoms with E-state index in [4.69, 9.17) is 4.52 Å². The molecule has 1 aromatic carbocycles. The Kier molecular flexibility index (Phi) is 3.23. The minimum Gasteiger partial charge on any atom is -0.361 e. The molecule has 25 heavy (non-hydrogen) atoms. The first-order valence-electron chi connectivity index (χ1n) is 8.64. The van der Waals surface area contributed by atoms with Crippen LogP contribution in [0.4, 0.5) is 0 Å². The lowest BCUT2D eigenvalue weighted by atomic mass is 9.94. The third-order valence-electron chi connectivity index (χ3n) is 5.37. The average Bonchev–Trinajstić information content (AvgIpc) is 3.42. The summed E-state index contributed by atoms with van der Waals surface area (Å²) in [7, 11) is 0. The second-order valence-electron chi connectivity index (χ2n) is 6.95. The Morgan fingerprint density at radius 2 is 2.24 bits per heavy atom. The number of nitrogens with one attached hydrogen (secondary N) is 2. The fourth-order valence-electron chi connectivity index (χ4n) is 4.05. The number of aromatic amines is 1. The molecule has 0 radical (unpaired) electrons. The molecule has 2 aliphatic rings. The fourth-order valence-corrected chi connectivity index (χ4v) is 4.05. The molecule has 0 spiro atoms. The molecule has 2 N–H and O–H groups in total. The molecule has 5 rings (SSSR count). The summed E-state index contributed by atoms with van der Waals surface area (Å²) in [5, 5.41) is 7.96. The summed E-state index contributed by atoms with van der Waals surface area (Å²) in [5.74, 6) is 1.98. The third kappa shape index (κ3) is 2.54. The van der Waals surface area contributed by atoms with Gasteiger partial charge in [0.05, 0.1) is 0 Å². The average molecular weight is 334 g/mol. The zero-order chi connectivity index (χ0) is 16.8. The number of amides is 1. The minimum absolute atomic E-state index is 0.0165. The number of nitrogens with zero attached hydrogens (tertiary/aromatic N) is 2. The maximum atomic E-state index is 12.3. The van der Waals surface area contributed by atoms with Crippen LogP contribution >= 0.6 is 0 Å². The largest absolute Gasteiger partial charge is 0.361 e. The van der Waals surface area contributed by atoms with E-state index in [1.54, 1.807) is 0 Å². The van der Waals surface area contributed by atoms with Gasteiger partial charge in [-0.25, -0.2) is 0 Å². The number of carbonyl (C=O) groups excluding carboxylic acids is 1. The van der Waals surface area contributed by atoms with E-state index in [1.807, 2.05) is 30.5 Å². The van der Waals surface area contributed by atoms with E-state index >= 15 is 0 Å². The van der Waals surface area contributed by atoms with Crippen molar-refractivity contribution in [1.29, 1.82) is 0 Å². The zero-order valence-corrected chi connectivity index (χ0v) is 13.6. The molecule has 1 amide bonds. The van der Waals surface area contributed by atoms with Crippen molar-refractivity contribution in [2.45, 2.75) is 12.8 Å². The van der Waals surface area contributed by atoms with Gasteiger partial charge in [0.25, 0.3) is 0 Å². The van der Waals surface area contributed by atoms with Crippen LogP contribution < -0.4 is 5.32 Å². The molecular weight excluding hydrogens is 316 g/mol. The zero-order valence-electron chi connectivity index (χ0n) is 13.6. The molecular formula is C19H18N4O2. The molecule has 0 saturated heterocycles. The van der Waals surface area contributed by atoms with Crippen molar-refractivity contribution in [2.75, 3.05) is 6.54 Å². The maximum absolute atomic E-state index is 12.3. The summed E-state index contributed by atoms with van der Waals surface area (Å²) in [4.78, 5) is 19.7. The highest BCUT2D eigenvalue weighted by molar-refractivity contribution is 5.90.